The van der Waals surface area contributed by atoms with Gasteiger partial charge in [-0.2, -0.15) is 4.39 Å². The van der Waals surface area contributed by atoms with Crippen LogP contribution in [-0.4, -0.2) is 43.2 Å². The maximum Gasteiger partial charge on any atom is 0.255 e. The number of pyridine rings is 1. The first kappa shape index (κ1) is 11.1. The third-order valence-corrected chi connectivity index (χ3v) is 2.88. The van der Waals surface area contributed by atoms with Crippen molar-refractivity contribution < 1.29 is 13.9 Å². The van der Waals surface area contributed by atoms with Crippen molar-refractivity contribution in [3.05, 3.63) is 18.2 Å². The van der Waals surface area contributed by atoms with E-state index < -0.39 is 5.95 Å². The average Bonchev–Trinajstić information content (AvgIpc) is 2.29. The van der Waals surface area contributed by atoms with Crippen molar-refractivity contribution in [1.82, 2.24) is 9.88 Å². The molecule has 1 aromatic heterocycles. The minimum Gasteiger partial charge on any atom is -0.492 e. The molecule has 0 N–H and O–H groups in total. The Morgan fingerprint density at radius 2 is 2.44 bits per heavy atom. The second-order valence-corrected chi connectivity index (χ2v) is 3.90. The quantitative estimate of drug-likeness (QED) is 0.725. The summed E-state index contributed by atoms with van der Waals surface area (Å²) in [7, 11) is 3.46. The standard InChI is InChI=1S/C11H15FN2O2/c1-14-4-3-8(14)7-16-9-5-10(15-2)11(12)13-6-9/h5-6,8H,3-4,7H2,1-2H3/t8-/m1/s1. The number of aromatic nitrogens is 1. The Morgan fingerprint density at radius 1 is 1.62 bits per heavy atom. The molecule has 4 nitrogen and oxygen atoms in total. The summed E-state index contributed by atoms with van der Waals surface area (Å²) in [5, 5.41) is 0. The number of ether oxygens (including phenoxy) is 2. The van der Waals surface area contributed by atoms with Crippen LogP contribution in [0.2, 0.25) is 0 Å². The minimum absolute atomic E-state index is 0.111. The Bertz CT molecular complexity index is 373. The van der Waals surface area contributed by atoms with E-state index in [1.54, 1.807) is 0 Å². The highest BCUT2D eigenvalue weighted by Crippen LogP contribution is 2.22. The van der Waals surface area contributed by atoms with Gasteiger partial charge in [-0.05, 0) is 20.0 Å². The van der Waals surface area contributed by atoms with Crippen molar-refractivity contribution in [3.63, 3.8) is 0 Å². The van der Waals surface area contributed by atoms with E-state index >= 15 is 0 Å². The van der Waals surface area contributed by atoms with E-state index in [-0.39, 0.29) is 5.75 Å². The molecule has 2 heterocycles. The van der Waals surface area contributed by atoms with Gasteiger partial charge >= 0.3 is 0 Å². The van der Waals surface area contributed by atoms with Gasteiger partial charge in [-0.15, -0.1) is 0 Å². The van der Waals surface area contributed by atoms with Crippen molar-refractivity contribution in [3.8, 4) is 11.5 Å². The molecule has 0 amide bonds. The number of halogens is 1. The van der Waals surface area contributed by atoms with Crippen LogP contribution in [0.1, 0.15) is 6.42 Å². The third kappa shape index (κ3) is 2.24. The number of likely N-dealkylation sites (tertiary alicyclic amines) is 1. The maximum absolute atomic E-state index is 13.0. The SMILES string of the molecule is COc1cc(OC[C@H]2CCN2C)cnc1F. The first-order valence-electron chi connectivity index (χ1n) is 5.23. The highest BCUT2D eigenvalue weighted by Gasteiger charge is 2.24. The van der Waals surface area contributed by atoms with Crippen molar-refractivity contribution in [2.45, 2.75) is 12.5 Å². The smallest absolute Gasteiger partial charge is 0.255 e. The fourth-order valence-corrected chi connectivity index (χ4v) is 1.60. The molecule has 0 aromatic carbocycles. The molecule has 16 heavy (non-hydrogen) atoms. The van der Waals surface area contributed by atoms with Crippen LogP contribution in [0, 0.1) is 5.95 Å². The Balaban J connectivity index is 1.93. The lowest BCUT2D eigenvalue weighted by Gasteiger charge is -2.37. The number of nitrogens with zero attached hydrogens (tertiary/aromatic N) is 2. The lowest BCUT2D eigenvalue weighted by atomic mass is 10.1. The van der Waals surface area contributed by atoms with Gasteiger partial charge in [0.2, 0.25) is 0 Å². The van der Waals surface area contributed by atoms with Gasteiger partial charge in [0.25, 0.3) is 5.95 Å². The molecule has 88 valence electrons. The Hall–Kier alpha value is -1.36. The lowest BCUT2D eigenvalue weighted by molar-refractivity contribution is 0.0765. The molecule has 0 spiro atoms. The molecular weight excluding hydrogens is 211 g/mol. The molecule has 0 bridgehead atoms. The van der Waals surface area contributed by atoms with Crippen LogP contribution in [-0.2, 0) is 0 Å². The van der Waals surface area contributed by atoms with E-state index in [1.807, 2.05) is 0 Å². The summed E-state index contributed by atoms with van der Waals surface area (Å²) < 4.78 is 23.4. The summed E-state index contributed by atoms with van der Waals surface area (Å²) in [4.78, 5) is 5.78. The van der Waals surface area contributed by atoms with E-state index in [4.69, 9.17) is 9.47 Å². The van der Waals surface area contributed by atoms with E-state index in [0.717, 1.165) is 13.0 Å². The molecule has 5 heteroatoms. The molecule has 0 saturated carbocycles. The number of methoxy groups -OCH3 is 1. The van der Waals surface area contributed by atoms with Gasteiger partial charge in [0.05, 0.1) is 13.3 Å². The number of hydrogen-bond donors (Lipinski definition) is 0. The minimum atomic E-state index is -0.615. The molecule has 1 aromatic rings. The normalized spacial score (nSPS) is 20.3. The van der Waals surface area contributed by atoms with Crippen LogP contribution in [0.15, 0.2) is 12.3 Å². The van der Waals surface area contributed by atoms with Crippen LogP contribution in [0.3, 0.4) is 0 Å². The van der Waals surface area contributed by atoms with Crippen LogP contribution < -0.4 is 9.47 Å². The third-order valence-electron chi connectivity index (χ3n) is 2.88. The topological polar surface area (TPSA) is 34.6 Å². The molecule has 1 atom stereocenters. The molecule has 1 saturated heterocycles. The van der Waals surface area contributed by atoms with Gasteiger partial charge in [0.1, 0.15) is 12.4 Å². The van der Waals surface area contributed by atoms with Gasteiger partial charge in [-0.25, -0.2) is 4.98 Å². The summed E-state index contributed by atoms with van der Waals surface area (Å²) in [5.41, 5.74) is 0. The summed E-state index contributed by atoms with van der Waals surface area (Å²) in [6.07, 6.45) is 2.51. The highest BCUT2D eigenvalue weighted by molar-refractivity contribution is 5.29. The van der Waals surface area contributed by atoms with Crippen molar-refractivity contribution >= 4 is 0 Å². The molecule has 1 aliphatic heterocycles. The van der Waals surface area contributed by atoms with E-state index in [9.17, 15) is 4.39 Å². The van der Waals surface area contributed by atoms with Crippen molar-refractivity contribution in [1.29, 1.82) is 0 Å². The van der Waals surface area contributed by atoms with Gasteiger partial charge in [-0.3, -0.25) is 4.90 Å². The second-order valence-electron chi connectivity index (χ2n) is 3.90. The number of likely N-dealkylation sites (N-methyl/N-ethyl adjacent to an activating group) is 1. The summed E-state index contributed by atoms with van der Waals surface area (Å²) in [6.45, 7) is 1.71. The summed E-state index contributed by atoms with van der Waals surface area (Å²) >= 11 is 0. The van der Waals surface area contributed by atoms with E-state index in [1.165, 1.54) is 19.4 Å². The Labute approximate surface area is 94.0 Å². The van der Waals surface area contributed by atoms with Crippen molar-refractivity contribution in [2.24, 2.45) is 0 Å². The van der Waals surface area contributed by atoms with Crippen LogP contribution in [0.5, 0.6) is 11.5 Å². The Kier molecular flexibility index (Phi) is 3.24. The monoisotopic (exact) mass is 226 g/mol. The zero-order valence-corrected chi connectivity index (χ0v) is 9.44. The highest BCUT2D eigenvalue weighted by atomic mass is 19.1. The molecular formula is C11H15FN2O2. The first-order chi connectivity index (χ1) is 7.70. The number of rotatable bonds is 4. The van der Waals surface area contributed by atoms with Gasteiger partial charge in [0, 0.05) is 12.1 Å². The van der Waals surface area contributed by atoms with Crippen LogP contribution in [0.4, 0.5) is 4.39 Å². The maximum atomic E-state index is 13.0. The molecule has 0 aliphatic carbocycles. The van der Waals surface area contributed by atoms with Crippen molar-refractivity contribution in [2.75, 3.05) is 27.3 Å². The zero-order valence-electron chi connectivity index (χ0n) is 9.44. The van der Waals surface area contributed by atoms with Gasteiger partial charge < -0.3 is 9.47 Å². The molecule has 1 aliphatic rings. The summed E-state index contributed by atoms with van der Waals surface area (Å²) in [6, 6.07) is 1.97. The zero-order chi connectivity index (χ0) is 11.5. The Morgan fingerprint density at radius 3 is 3.00 bits per heavy atom. The molecule has 0 radical (unpaired) electrons. The van der Waals surface area contributed by atoms with Gasteiger partial charge in [0.15, 0.2) is 5.75 Å². The van der Waals surface area contributed by atoms with E-state index in [2.05, 4.69) is 16.9 Å². The van der Waals surface area contributed by atoms with Crippen LogP contribution in [0.25, 0.3) is 0 Å². The largest absolute Gasteiger partial charge is 0.492 e. The average molecular weight is 226 g/mol. The molecule has 1 fully saturated rings. The van der Waals surface area contributed by atoms with E-state index in [0.29, 0.717) is 18.4 Å². The number of hydrogen-bond acceptors (Lipinski definition) is 4. The van der Waals surface area contributed by atoms with Crippen LogP contribution >= 0.6 is 0 Å². The second kappa shape index (κ2) is 4.65. The fourth-order valence-electron chi connectivity index (χ4n) is 1.60. The molecule has 2 rings (SSSR count). The fraction of sp³-hybridized carbons (Fsp3) is 0.545. The lowest BCUT2D eigenvalue weighted by Crippen LogP contribution is -2.48. The molecule has 0 unspecified atom stereocenters. The summed E-state index contributed by atoms with van der Waals surface area (Å²) in [5.74, 6) is 0.0358. The predicted molar refractivity (Wildman–Crippen MR) is 57.3 cm³/mol. The van der Waals surface area contributed by atoms with Gasteiger partial charge in [-0.1, -0.05) is 0 Å². The first-order valence-corrected chi connectivity index (χ1v) is 5.23. The predicted octanol–water partition coefficient (Wildman–Crippen LogP) is 1.31.